The van der Waals surface area contributed by atoms with Gasteiger partial charge in [0.15, 0.2) is 0 Å². The molecule has 5 nitrogen and oxygen atoms in total. The number of halogens is 3. The Bertz CT molecular complexity index is 531. The van der Waals surface area contributed by atoms with Crippen molar-refractivity contribution in [1.29, 1.82) is 0 Å². The molecule has 0 spiro atoms. The molecule has 2 rings (SSSR count). The van der Waals surface area contributed by atoms with Gasteiger partial charge < -0.3 is 15.5 Å². The molecule has 0 saturated carbocycles. The summed E-state index contributed by atoms with van der Waals surface area (Å²) in [6.07, 6.45) is -3.93. The van der Waals surface area contributed by atoms with Crippen molar-refractivity contribution in [2.24, 2.45) is 0 Å². The molecule has 0 aromatic carbocycles. The van der Waals surface area contributed by atoms with Gasteiger partial charge in [-0.25, -0.2) is 0 Å². The fourth-order valence-corrected chi connectivity index (χ4v) is 2.95. The third-order valence-electron chi connectivity index (χ3n) is 4.15. The predicted molar refractivity (Wildman–Crippen MR) is 79.0 cm³/mol. The highest BCUT2D eigenvalue weighted by Crippen LogP contribution is 2.38. The lowest BCUT2D eigenvalue weighted by atomic mass is 9.94. The number of aryl methyl sites for hydroxylation is 1. The number of aromatic hydroxyl groups is 1. The van der Waals surface area contributed by atoms with Crippen molar-refractivity contribution in [3.05, 3.63) is 23.0 Å². The monoisotopic (exact) mass is 333 g/mol. The van der Waals surface area contributed by atoms with Crippen molar-refractivity contribution in [2.75, 3.05) is 26.2 Å². The molecule has 1 aliphatic rings. The fraction of sp³-hybridized carbons (Fsp3) is 0.667. The molecule has 1 fully saturated rings. The standard InChI is InChI=1S/C15H22F3N3O2/c1-10-14(23)13(11(9-22)8-20-10)12(2-3-15(16,17)18)21-6-4-19-5-7-21/h8,12,19,22-23H,2-7,9H2,1H3/t12-/m0/s1. The molecule has 1 atom stereocenters. The summed E-state index contributed by atoms with van der Waals surface area (Å²) in [4.78, 5) is 5.91. The van der Waals surface area contributed by atoms with Gasteiger partial charge in [0.05, 0.1) is 12.3 Å². The zero-order valence-corrected chi connectivity index (χ0v) is 13.0. The third-order valence-corrected chi connectivity index (χ3v) is 4.15. The number of piperazine rings is 1. The topological polar surface area (TPSA) is 68.6 Å². The quantitative estimate of drug-likeness (QED) is 0.768. The number of aliphatic hydroxyl groups excluding tert-OH is 1. The van der Waals surface area contributed by atoms with E-state index in [1.807, 2.05) is 4.90 Å². The molecule has 0 unspecified atom stereocenters. The molecular formula is C15H22F3N3O2. The van der Waals surface area contributed by atoms with Crippen LogP contribution in [0.2, 0.25) is 0 Å². The second kappa shape index (κ2) is 7.46. The maximum Gasteiger partial charge on any atom is 0.389 e. The van der Waals surface area contributed by atoms with E-state index in [2.05, 4.69) is 10.3 Å². The first-order valence-electron chi connectivity index (χ1n) is 7.63. The van der Waals surface area contributed by atoms with Gasteiger partial charge in [-0.3, -0.25) is 9.88 Å². The third kappa shape index (κ3) is 4.55. The van der Waals surface area contributed by atoms with Crippen LogP contribution in [0.1, 0.15) is 35.7 Å². The van der Waals surface area contributed by atoms with Crippen LogP contribution in [0.15, 0.2) is 6.20 Å². The summed E-state index contributed by atoms with van der Waals surface area (Å²) in [6.45, 7) is 3.77. The van der Waals surface area contributed by atoms with Crippen LogP contribution in [-0.2, 0) is 6.61 Å². The van der Waals surface area contributed by atoms with E-state index in [4.69, 9.17) is 0 Å². The summed E-state index contributed by atoms with van der Waals surface area (Å²) in [5.74, 6) is -0.123. The van der Waals surface area contributed by atoms with Gasteiger partial charge in [0.25, 0.3) is 0 Å². The average Bonchev–Trinajstić information content (AvgIpc) is 2.51. The van der Waals surface area contributed by atoms with E-state index in [0.29, 0.717) is 43.0 Å². The molecule has 0 radical (unpaired) electrons. The van der Waals surface area contributed by atoms with Crippen molar-refractivity contribution in [2.45, 2.75) is 38.6 Å². The summed E-state index contributed by atoms with van der Waals surface area (Å²) < 4.78 is 38.1. The fourth-order valence-electron chi connectivity index (χ4n) is 2.95. The van der Waals surface area contributed by atoms with Gasteiger partial charge in [-0.2, -0.15) is 13.2 Å². The molecule has 0 bridgehead atoms. The van der Waals surface area contributed by atoms with Crippen LogP contribution in [0.25, 0.3) is 0 Å². The smallest absolute Gasteiger partial charge is 0.389 e. The Morgan fingerprint density at radius 1 is 1.35 bits per heavy atom. The molecule has 3 N–H and O–H groups in total. The number of aromatic nitrogens is 1. The van der Waals surface area contributed by atoms with Crippen molar-refractivity contribution in [1.82, 2.24) is 15.2 Å². The molecule has 0 amide bonds. The number of rotatable bonds is 5. The van der Waals surface area contributed by atoms with Crippen LogP contribution in [0.4, 0.5) is 13.2 Å². The van der Waals surface area contributed by atoms with E-state index in [1.165, 1.54) is 6.20 Å². The zero-order chi connectivity index (χ0) is 17.0. The molecule has 8 heteroatoms. The molecule has 1 saturated heterocycles. The SMILES string of the molecule is Cc1ncc(CO)c([C@H](CCC(F)(F)F)N2CCNCC2)c1O. The Kier molecular flexibility index (Phi) is 5.83. The van der Waals surface area contributed by atoms with E-state index < -0.39 is 18.6 Å². The Balaban J connectivity index is 2.37. The number of alkyl halides is 3. The van der Waals surface area contributed by atoms with Gasteiger partial charge >= 0.3 is 6.18 Å². The molecule has 0 aliphatic carbocycles. The first-order valence-corrected chi connectivity index (χ1v) is 7.63. The Hall–Kier alpha value is -1.38. The summed E-state index contributed by atoms with van der Waals surface area (Å²) >= 11 is 0. The first-order chi connectivity index (χ1) is 10.8. The lowest BCUT2D eigenvalue weighted by Gasteiger charge is -2.36. The molecule has 1 aliphatic heterocycles. The Morgan fingerprint density at radius 3 is 2.57 bits per heavy atom. The number of pyridine rings is 1. The van der Waals surface area contributed by atoms with Gasteiger partial charge in [-0.05, 0) is 13.3 Å². The lowest BCUT2D eigenvalue weighted by molar-refractivity contribution is -0.138. The number of nitrogens with one attached hydrogen (secondary N) is 1. The van der Waals surface area contributed by atoms with Crippen molar-refractivity contribution >= 4 is 0 Å². The minimum absolute atomic E-state index is 0.123. The minimum atomic E-state index is -4.26. The van der Waals surface area contributed by atoms with Crippen molar-refractivity contribution in [3.8, 4) is 5.75 Å². The van der Waals surface area contributed by atoms with Crippen LogP contribution >= 0.6 is 0 Å². The van der Waals surface area contributed by atoms with Crippen LogP contribution in [0, 0.1) is 6.92 Å². The van der Waals surface area contributed by atoms with Gasteiger partial charge in [0.2, 0.25) is 0 Å². The van der Waals surface area contributed by atoms with E-state index >= 15 is 0 Å². The first kappa shape index (κ1) is 18.0. The average molecular weight is 333 g/mol. The number of nitrogens with zero attached hydrogens (tertiary/aromatic N) is 2. The summed E-state index contributed by atoms with van der Waals surface area (Å²) in [5.41, 5.74) is 1.09. The van der Waals surface area contributed by atoms with Crippen molar-refractivity contribution < 1.29 is 23.4 Å². The number of hydrogen-bond acceptors (Lipinski definition) is 5. The van der Waals surface area contributed by atoms with Crippen LogP contribution in [-0.4, -0.2) is 52.5 Å². The molecule has 2 heterocycles. The highest BCUT2D eigenvalue weighted by molar-refractivity contribution is 5.43. The zero-order valence-electron chi connectivity index (χ0n) is 13.0. The summed E-state index contributed by atoms with van der Waals surface area (Å²) in [7, 11) is 0. The van der Waals surface area contributed by atoms with Gasteiger partial charge in [0, 0.05) is 56.0 Å². The highest BCUT2D eigenvalue weighted by atomic mass is 19.4. The maximum atomic E-state index is 12.7. The molecule has 1 aromatic heterocycles. The van der Waals surface area contributed by atoms with Crippen LogP contribution in [0.3, 0.4) is 0 Å². The summed E-state index contributed by atoms with van der Waals surface area (Å²) in [5, 5.41) is 23.0. The van der Waals surface area contributed by atoms with E-state index in [1.54, 1.807) is 6.92 Å². The normalized spacial score (nSPS) is 18.1. The Labute approximate surface area is 133 Å². The molecular weight excluding hydrogens is 311 g/mol. The lowest BCUT2D eigenvalue weighted by Crippen LogP contribution is -2.45. The second-order valence-electron chi connectivity index (χ2n) is 5.74. The molecule has 1 aromatic rings. The second-order valence-corrected chi connectivity index (χ2v) is 5.74. The highest BCUT2D eigenvalue weighted by Gasteiger charge is 2.33. The molecule has 130 valence electrons. The van der Waals surface area contributed by atoms with Gasteiger partial charge in [-0.15, -0.1) is 0 Å². The number of hydrogen-bond donors (Lipinski definition) is 3. The molecule has 23 heavy (non-hydrogen) atoms. The van der Waals surface area contributed by atoms with Crippen LogP contribution in [0.5, 0.6) is 5.75 Å². The van der Waals surface area contributed by atoms with E-state index in [0.717, 1.165) is 0 Å². The van der Waals surface area contributed by atoms with E-state index in [9.17, 15) is 23.4 Å². The summed E-state index contributed by atoms with van der Waals surface area (Å²) in [6, 6.07) is -0.595. The predicted octanol–water partition coefficient (Wildman–Crippen LogP) is 1.88. The van der Waals surface area contributed by atoms with Crippen molar-refractivity contribution in [3.63, 3.8) is 0 Å². The largest absolute Gasteiger partial charge is 0.506 e. The van der Waals surface area contributed by atoms with Gasteiger partial charge in [0.1, 0.15) is 5.75 Å². The van der Waals surface area contributed by atoms with E-state index in [-0.39, 0.29) is 18.8 Å². The van der Waals surface area contributed by atoms with Crippen LogP contribution < -0.4 is 5.32 Å². The number of aliphatic hydroxyl groups is 1. The Morgan fingerprint density at radius 2 is 2.00 bits per heavy atom. The maximum absolute atomic E-state index is 12.7. The van der Waals surface area contributed by atoms with Gasteiger partial charge in [-0.1, -0.05) is 0 Å². The minimum Gasteiger partial charge on any atom is -0.506 e.